The second-order valence-corrected chi connectivity index (χ2v) is 4.62. The molecule has 3 nitrogen and oxygen atoms in total. The second-order valence-electron chi connectivity index (χ2n) is 4.24. The number of likely N-dealkylation sites (N-methyl/N-ethyl adjacent to an activating group) is 2. The van der Waals surface area contributed by atoms with Gasteiger partial charge in [-0.15, -0.1) is 0 Å². The molecule has 0 amide bonds. The van der Waals surface area contributed by atoms with Gasteiger partial charge >= 0.3 is 0 Å². The molecule has 1 aromatic carbocycles. The summed E-state index contributed by atoms with van der Waals surface area (Å²) in [5, 5.41) is 0.697. The molecule has 1 aromatic rings. The van der Waals surface area contributed by atoms with Crippen molar-refractivity contribution in [2.24, 2.45) is 4.99 Å². The lowest BCUT2D eigenvalue weighted by Crippen LogP contribution is -2.35. The summed E-state index contributed by atoms with van der Waals surface area (Å²) in [7, 11) is 0. The Bertz CT molecular complexity index is 465. The van der Waals surface area contributed by atoms with Crippen LogP contribution in [0.15, 0.2) is 35.3 Å². The fourth-order valence-corrected chi connectivity index (χ4v) is 2.57. The first-order chi connectivity index (χ1) is 8.76. The van der Waals surface area contributed by atoms with Crippen molar-refractivity contribution in [2.75, 3.05) is 26.2 Å². The maximum atomic E-state index is 5.50. The number of benzene rings is 1. The quantitative estimate of drug-likeness (QED) is 0.357. The standard InChI is InChI=1S/C14H19N3S/c1-3-16-10-11-17(4-2)14(16)13(18)15-12-8-6-5-7-9-12/h5-9H,3-4,10-11H2,1-2H3. The average Bonchev–Trinajstić information content (AvgIpc) is 2.82. The van der Waals surface area contributed by atoms with Crippen molar-refractivity contribution >= 4 is 29.2 Å². The molecule has 1 aliphatic rings. The van der Waals surface area contributed by atoms with Crippen LogP contribution in [-0.2, 0) is 12.6 Å². The maximum absolute atomic E-state index is 5.50. The van der Waals surface area contributed by atoms with Gasteiger partial charge < -0.3 is 12.6 Å². The van der Waals surface area contributed by atoms with Gasteiger partial charge in [0.15, 0.2) is 0 Å². The van der Waals surface area contributed by atoms with Crippen LogP contribution in [-0.4, -0.2) is 46.5 Å². The Labute approximate surface area is 114 Å². The van der Waals surface area contributed by atoms with Gasteiger partial charge in [0.05, 0.1) is 18.8 Å². The van der Waals surface area contributed by atoms with E-state index in [4.69, 9.17) is 12.6 Å². The van der Waals surface area contributed by atoms with Crippen LogP contribution in [0.1, 0.15) is 13.8 Å². The third kappa shape index (κ3) is 2.70. The van der Waals surface area contributed by atoms with Gasteiger partial charge in [0.1, 0.15) is 13.1 Å². The molecule has 0 N–H and O–H groups in total. The molecule has 0 saturated heterocycles. The molecule has 0 bridgehead atoms. The number of nitrogens with zero attached hydrogens (tertiary/aromatic N) is 3. The lowest BCUT2D eigenvalue weighted by molar-refractivity contribution is -0.512. The van der Waals surface area contributed by atoms with Crippen LogP contribution in [0.3, 0.4) is 0 Å². The van der Waals surface area contributed by atoms with E-state index in [1.54, 1.807) is 0 Å². The van der Waals surface area contributed by atoms with Crippen LogP contribution in [0, 0.1) is 0 Å². The summed E-state index contributed by atoms with van der Waals surface area (Å²) in [6.07, 6.45) is 0. The Morgan fingerprint density at radius 3 is 2.67 bits per heavy atom. The van der Waals surface area contributed by atoms with Gasteiger partial charge in [-0.1, -0.05) is 18.2 Å². The topological polar surface area (TPSA) is 18.6 Å². The van der Waals surface area contributed by atoms with Crippen LogP contribution in [0.5, 0.6) is 0 Å². The van der Waals surface area contributed by atoms with E-state index < -0.39 is 0 Å². The number of amidine groups is 1. The predicted molar refractivity (Wildman–Crippen MR) is 78.8 cm³/mol. The fourth-order valence-electron chi connectivity index (χ4n) is 2.21. The summed E-state index contributed by atoms with van der Waals surface area (Å²) in [4.78, 5) is 6.85. The Balaban J connectivity index is 2.31. The van der Waals surface area contributed by atoms with Gasteiger partial charge in [0.2, 0.25) is 0 Å². The number of hydrogen-bond acceptors (Lipinski definition) is 3. The number of hydrogen-bond donors (Lipinski definition) is 0. The maximum Gasteiger partial charge on any atom is 0.270 e. The summed E-state index contributed by atoms with van der Waals surface area (Å²) in [6.45, 7) is 8.37. The van der Waals surface area contributed by atoms with Gasteiger partial charge in [0.25, 0.3) is 5.84 Å². The highest BCUT2D eigenvalue weighted by Gasteiger charge is 2.27. The minimum Gasteiger partial charge on any atom is -0.752 e. The van der Waals surface area contributed by atoms with Gasteiger partial charge in [0, 0.05) is 5.04 Å². The normalized spacial score (nSPS) is 16.6. The molecule has 0 atom stereocenters. The first kappa shape index (κ1) is 13.0. The summed E-state index contributed by atoms with van der Waals surface area (Å²) in [6, 6.07) is 9.91. The third-order valence-corrected chi connectivity index (χ3v) is 3.45. The lowest BCUT2D eigenvalue weighted by atomic mass is 10.3. The third-order valence-electron chi connectivity index (χ3n) is 3.18. The Morgan fingerprint density at radius 1 is 1.33 bits per heavy atom. The SMILES string of the molecule is CCN1CC[N+](CC)=C1C([S-])=Nc1ccccc1. The fraction of sp³-hybridized carbons (Fsp3) is 0.429. The van der Waals surface area contributed by atoms with E-state index in [1.165, 1.54) is 0 Å². The minimum atomic E-state index is 0.697. The van der Waals surface area contributed by atoms with Gasteiger partial charge in [-0.05, 0) is 26.0 Å². The second kappa shape index (κ2) is 5.96. The summed E-state index contributed by atoms with van der Waals surface area (Å²) in [5.74, 6) is 1.11. The van der Waals surface area contributed by atoms with Crippen molar-refractivity contribution in [3.8, 4) is 0 Å². The zero-order chi connectivity index (χ0) is 13.0. The van der Waals surface area contributed by atoms with E-state index in [1.807, 2.05) is 30.3 Å². The predicted octanol–water partition coefficient (Wildman–Crippen LogP) is 2.03. The van der Waals surface area contributed by atoms with Crippen molar-refractivity contribution in [3.63, 3.8) is 0 Å². The Morgan fingerprint density at radius 2 is 2.06 bits per heavy atom. The molecule has 0 radical (unpaired) electrons. The molecule has 96 valence electrons. The number of aliphatic imine (C=N–C) groups is 1. The Hall–Kier alpha value is -1.42. The molecule has 0 spiro atoms. The molecule has 2 rings (SSSR count). The number of rotatable bonds is 4. The van der Waals surface area contributed by atoms with Crippen molar-refractivity contribution in [1.82, 2.24) is 4.90 Å². The smallest absolute Gasteiger partial charge is 0.270 e. The average molecular weight is 261 g/mol. The molecule has 0 unspecified atom stereocenters. The lowest BCUT2D eigenvalue weighted by Gasteiger charge is -2.16. The first-order valence-electron chi connectivity index (χ1n) is 6.44. The van der Waals surface area contributed by atoms with Crippen molar-refractivity contribution in [2.45, 2.75) is 13.8 Å². The van der Waals surface area contributed by atoms with Gasteiger partial charge in [-0.25, -0.2) is 0 Å². The molecule has 4 heteroatoms. The molecule has 1 aliphatic heterocycles. The summed E-state index contributed by atoms with van der Waals surface area (Å²) >= 11 is 5.50. The highest BCUT2D eigenvalue weighted by molar-refractivity contribution is 7.80. The van der Waals surface area contributed by atoms with E-state index in [0.717, 1.165) is 37.7 Å². The highest BCUT2D eigenvalue weighted by atomic mass is 32.1. The molecule has 0 aliphatic carbocycles. The zero-order valence-corrected chi connectivity index (χ0v) is 11.8. The van der Waals surface area contributed by atoms with Crippen molar-refractivity contribution < 1.29 is 4.58 Å². The van der Waals surface area contributed by atoms with Crippen LogP contribution in [0.25, 0.3) is 0 Å². The Kier molecular flexibility index (Phi) is 4.31. The van der Waals surface area contributed by atoms with Crippen molar-refractivity contribution in [3.05, 3.63) is 30.3 Å². The highest BCUT2D eigenvalue weighted by Crippen LogP contribution is 2.12. The first-order valence-corrected chi connectivity index (χ1v) is 6.85. The van der Waals surface area contributed by atoms with E-state index in [-0.39, 0.29) is 0 Å². The summed E-state index contributed by atoms with van der Waals surface area (Å²) in [5.41, 5.74) is 0.925. The van der Waals surface area contributed by atoms with E-state index in [2.05, 4.69) is 28.3 Å². The monoisotopic (exact) mass is 261 g/mol. The summed E-state index contributed by atoms with van der Waals surface area (Å²) < 4.78 is 2.30. The molecule has 0 saturated carbocycles. The van der Waals surface area contributed by atoms with Gasteiger partial charge in [-0.3, -0.25) is 14.5 Å². The molecule has 1 heterocycles. The molecule has 18 heavy (non-hydrogen) atoms. The van der Waals surface area contributed by atoms with Crippen LogP contribution >= 0.6 is 0 Å². The van der Waals surface area contributed by atoms with E-state index in [9.17, 15) is 0 Å². The molecule has 0 aromatic heterocycles. The van der Waals surface area contributed by atoms with E-state index >= 15 is 0 Å². The van der Waals surface area contributed by atoms with Crippen LogP contribution in [0.4, 0.5) is 5.69 Å². The number of para-hydroxylation sites is 1. The van der Waals surface area contributed by atoms with Crippen LogP contribution in [0.2, 0.25) is 0 Å². The minimum absolute atomic E-state index is 0.697. The zero-order valence-electron chi connectivity index (χ0n) is 11.0. The van der Waals surface area contributed by atoms with E-state index in [0.29, 0.717) is 5.04 Å². The largest absolute Gasteiger partial charge is 0.752 e. The van der Waals surface area contributed by atoms with Gasteiger partial charge in [-0.2, -0.15) is 0 Å². The molecular formula is C14H19N3S. The van der Waals surface area contributed by atoms with Crippen LogP contribution < -0.4 is 0 Å². The van der Waals surface area contributed by atoms with Crippen molar-refractivity contribution in [1.29, 1.82) is 0 Å². The molecule has 0 fully saturated rings. The molecular weight excluding hydrogens is 242 g/mol.